The van der Waals surface area contributed by atoms with Gasteiger partial charge >= 0.3 is 0 Å². The van der Waals surface area contributed by atoms with Gasteiger partial charge < -0.3 is 0 Å². The molecule has 0 unspecified atom stereocenters. The summed E-state index contributed by atoms with van der Waals surface area (Å²) in [5.41, 5.74) is 0. The Hall–Kier alpha value is 0.360. The predicted molar refractivity (Wildman–Crippen MR) is 49.0 cm³/mol. The van der Waals surface area contributed by atoms with Crippen LogP contribution in [-0.2, 0) is 9.05 Å². The van der Waals surface area contributed by atoms with E-state index >= 15 is 0 Å². The average molecular weight is 231 g/mol. The van der Waals surface area contributed by atoms with Crippen molar-refractivity contribution in [1.29, 1.82) is 0 Å². The van der Waals surface area contributed by atoms with Crippen LogP contribution in [0.25, 0.3) is 0 Å². The molecule has 1 aliphatic rings. The fourth-order valence-corrected chi connectivity index (χ4v) is 3.04. The van der Waals surface area contributed by atoms with Crippen LogP contribution in [0.2, 0.25) is 0 Å². The van der Waals surface area contributed by atoms with Crippen LogP contribution in [0, 0.1) is 0 Å². The lowest BCUT2D eigenvalue weighted by atomic mass is 10.4. The smallest absolute Gasteiger partial charge is 0.206 e. The second-order valence-electron chi connectivity index (χ2n) is 1.81. The van der Waals surface area contributed by atoms with Gasteiger partial charge in [0.1, 0.15) is 4.24 Å². The highest BCUT2D eigenvalue weighted by Gasteiger charge is 2.17. The van der Waals surface area contributed by atoms with Crippen molar-refractivity contribution < 1.29 is 8.42 Å². The Kier molecular flexibility index (Phi) is 2.91. The summed E-state index contributed by atoms with van der Waals surface area (Å²) in [7, 11) is 1.49. The first-order valence-corrected chi connectivity index (χ1v) is 6.19. The van der Waals surface area contributed by atoms with Crippen molar-refractivity contribution in [3.05, 3.63) is 20.8 Å². The van der Waals surface area contributed by atoms with E-state index in [0.717, 1.165) is 11.8 Å². The van der Waals surface area contributed by atoms with Crippen LogP contribution < -0.4 is 0 Å². The summed E-state index contributed by atoms with van der Waals surface area (Å²) in [6.45, 7) is 0. The van der Waals surface area contributed by atoms with Crippen molar-refractivity contribution >= 4 is 43.1 Å². The molecule has 0 radical (unpaired) electrons. The second kappa shape index (κ2) is 3.39. The minimum absolute atomic E-state index is 0.117. The van der Waals surface area contributed by atoms with E-state index in [0.29, 0.717) is 10.8 Å². The molecule has 0 aliphatic carbocycles. The third-order valence-corrected chi connectivity index (χ3v) is 4.45. The topological polar surface area (TPSA) is 34.1 Å². The fourth-order valence-electron chi connectivity index (χ4n) is 0.577. The molecule has 2 nitrogen and oxygen atoms in total. The number of rotatable bonds is 1. The first-order chi connectivity index (χ1) is 5.00. The quantitative estimate of drug-likeness (QED) is 0.650. The summed E-state index contributed by atoms with van der Waals surface area (Å²) in [5.74, 6) is 0. The van der Waals surface area contributed by atoms with Crippen LogP contribution in [0.5, 0.6) is 0 Å². The Morgan fingerprint density at radius 1 is 1.45 bits per heavy atom. The molecule has 0 aromatic heterocycles. The van der Waals surface area contributed by atoms with E-state index in [-0.39, 0.29) is 4.24 Å². The standard InChI is InChI=1S/C5H4Cl2O2S2/c6-4-2-1-3-5(10-4)11(7,8)9/h2-3H,1H2. The average Bonchev–Trinajstić information content (AvgIpc) is 1.86. The Morgan fingerprint density at radius 2 is 2.09 bits per heavy atom. The van der Waals surface area contributed by atoms with Crippen LogP contribution in [0.15, 0.2) is 20.8 Å². The maximum Gasteiger partial charge on any atom is 0.267 e. The lowest BCUT2D eigenvalue weighted by molar-refractivity contribution is 0.616. The van der Waals surface area contributed by atoms with E-state index in [9.17, 15) is 8.42 Å². The lowest BCUT2D eigenvalue weighted by Gasteiger charge is -2.05. The van der Waals surface area contributed by atoms with Gasteiger partial charge in [0, 0.05) is 10.7 Å². The van der Waals surface area contributed by atoms with Gasteiger partial charge in [-0.05, 0) is 6.42 Å². The van der Waals surface area contributed by atoms with Crippen LogP contribution in [0.3, 0.4) is 0 Å². The third-order valence-electron chi connectivity index (χ3n) is 1.00. The van der Waals surface area contributed by atoms with Crippen LogP contribution >= 0.6 is 34.0 Å². The van der Waals surface area contributed by atoms with E-state index in [1.54, 1.807) is 6.08 Å². The van der Waals surface area contributed by atoms with Crippen molar-refractivity contribution in [2.75, 3.05) is 0 Å². The molecule has 0 aromatic carbocycles. The molecule has 0 atom stereocenters. The van der Waals surface area contributed by atoms with Crippen molar-refractivity contribution in [3.8, 4) is 0 Å². The molecule has 0 aromatic rings. The van der Waals surface area contributed by atoms with Gasteiger partial charge in [0.05, 0.1) is 4.36 Å². The van der Waals surface area contributed by atoms with E-state index in [1.165, 1.54) is 6.08 Å². The molecule has 0 N–H and O–H groups in total. The molecule has 1 aliphatic heterocycles. The van der Waals surface area contributed by atoms with Crippen molar-refractivity contribution in [3.63, 3.8) is 0 Å². The Labute approximate surface area is 78.7 Å². The van der Waals surface area contributed by atoms with E-state index < -0.39 is 9.05 Å². The largest absolute Gasteiger partial charge is 0.267 e. The number of allylic oxidation sites excluding steroid dienone is 2. The van der Waals surface area contributed by atoms with Crippen molar-refractivity contribution in [2.45, 2.75) is 6.42 Å². The second-order valence-corrected chi connectivity index (χ2v) is 6.31. The molecular formula is C5H4Cl2O2S2. The fraction of sp³-hybridized carbons (Fsp3) is 0.200. The van der Waals surface area contributed by atoms with Crippen LogP contribution in [-0.4, -0.2) is 8.42 Å². The summed E-state index contributed by atoms with van der Waals surface area (Å²) >= 11 is 6.54. The molecule has 0 saturated heterocycles. The van der Waals surface area contributed by atoms with Gasteiger partial charge in [0.15, 0.2) is 0 Å². The van der Waals surface area contributed by atoms with Crippen LogP contribution in [0.1, 0.15) is 6.42 Å². The monoisotopic (exact) mass is 230 g/mol. The van der Waals surface area contributed by atoms with Gasteiger partial charge in [0.25, 0.3) is 9.05 Å². The van der Waals surface area contributed by atoms with E-state index in [1.807, 2.05) is 0 Å². The Bertz CT molecular complexity index is 315. The number of hydrogen-bond acceptors (Lipinski definition) is 3. The predicted octanol–water partition coefficient (Wildman–Crippen LogP) is 2.61. The molecule has 11 heavy (non-hydrogen) atoms. The van der Waals surface area contributed by atoms with E-state index in [2.05, 4.69) is 0 Å². The number of hydrogen-bond donors (Lipinski definition) is 0. The number of thioether (sulfide) groups is 1. The molecule has 0 amide bonds. The zero-order valence-electron chi connectivity index (χ0n) is 5.25. The molecule has 1 heterocycles. The SMILES string of the molecule is O=S(=O)(Cl)C1=CCC=C(Cl)S1. The molecule has 0 spiro atoms. The highest BCUT2D eigenvalue weighted by atomic mass is 35.7. The minimum Gasteiger partial charge on any atom is -0.206 e. The summed E-state index contributed by atoms with van der Waals surface area (Å²) in [6.07, 6.45) is 3.77. The van der Waals surface area contributed by atoms with Gasteiger partial charge in [-0.3, -0.25) is 0 Å². The molecule has 1 rings (SSSR count). The normalized spacial score (nSPS) is 19.1. The first-order valence-electron chi connectivity index (χ1n) is 2.68. The molecule has 6 heteroatoms. The van der Waals surface area contributed by atoms with Crippen molar-refractivity contribution in [1.82, 2.24) is 0 Å². The highest BCUT2D eigenvalue weighted by molar-refractivity contribution is 8.30. The Balaban J connectivity index is 2.87. The summed E-state index contributed by atoms with van der Waals surface area (Å²) in [5, 5.41) is 0. The zero-order chi connectivity index (χ0) is 8.48. The molecule has 0 bridgehead atoms. The maximum absolute atomic E-state index is 10.7. The van der Waals surface area contributed by atoms with Gasteiger partial charge in [-0.15, -0.1) is 0 Å². The summed E-state index contributed by atoms with van der Waals surface area (Å²) in [6, 6.07) is 0. The highest BCUT2D eigenvalue weighted by Crippen LogP contribution is 2.37. The van der Waals surface area contributed by atoms with Gasteiger partial charge in [-0.1, -0.05) is 35.5 Å². The third kappa shape index (κ3) is 2.71. The van der Waals surface area contributed by atoms with E-state index in [4.69, 9.17) is 22.3 Å². The summed E-state index contributed by atoms with van der Waals surface area (Å²) < 4.78 is 22.0. The first kappa shape index (κ1) is 9.45. The van der Waals surface area contributed by atoms with Gasteiger partial charge in [-0.25, -0.2) is 8.42 Å². The molecule has 0 fully saturated rings. The Morgan fingerprint density at radius 3 is 2.45 bits per heavy atom. The van der Waals surface area contributed by atoms with Crippen molar-refractivity contribution in [2.24, 2.45) is 0 Å². The minimum atomic E-state index is -3.59. The van der Waals surface area contributed by atoms with Gasteiger partial charge in [-0.2, -0.15) is 0 Å². The number of halogens is 2. The molecule has 0 saturated carbocycles. The van der Waals surface area contributed by atoms with Gasteiger partial charge in [0.2, 0.25) is 0 Å². The molecule has 62 valence electrons. The zero-order valence-corrected chi connectivity index (χ0v) is 8.40. The lowest BCUT2D eigenvalue weighted by Crippen LogP contribution is -1.92. The molecular weight excluding hydrogens is 227 g/mol. The van der Waals surface area contributed by atoms with Crippen LogP contribution in [0.4, 0.5) is 0 Å². The summed E-state index contributed by atoms with van der Waals surface area (Å²) in [4.78, 5) is 0. The maximum atomic E-state index is 10.7.